The van der Waals surface area contributed by atoms with Crippen LogP contribution in [-0.2, 0) is 0 Å². The van der Waals surface area contributed by atoms with Crippen LogP contribution < -0.4 is 5.32 Å². The first-order valence-electron chi connectivity index (χ1n) is 5.93. The quantitative estimate of drug-likeness (QED) is 0.878. The highest BCUT2D eigenvalue weighted by Crippen LogP contribution is 2.33. The molecule has 1 heterocycles. The fourth-order valence-electron chi connectivity index (χ4n) is 1.85. The van der Waals surface area contributed by atoms with E-state index in [1.165, 1.54) is 0 Å². The van der Waals surface area contributed by atoms with E-state index in [0.29, 0.717) is 0 Å². The van der Waals surface area contributed by atoms with Gasteiger partial charge in [0.1, 0.15) is 0 Å². The van der Waals surface area contributed by atoms with E-state index in [1.54, 1.807) is 11.8 Å². The van der Waals surface area contributed by atoms with Crippen molar-refractivity contribution in [2.24, 2.45) is 4.99 Å². The molecule has 0 spiro atoms. The van der Waals surface area contributed by atoms with Gasteiger partial charge in [-0.1, -0.05) is 43.3 Å². The van der Waals surface area contributed by atoms with Crippen molar-refractivity contribution < 1.29 is 0 Å². The minimum absolute atomic E-state index is 0.131. The fraction of sp³-hybridized carbons (Fsp3) is 0.462. The van der Waals surface area contributed by atoms with Crippen LogP contribution in [0.1, 0.15) is 26.7 Å². The summed E-state index contributed by atoms with van der Waals surface area (Å²) in [4.78, 5) is 4.81. The van der Waals surface area contributed by atoms with E-state index in [2.05, 4.69) is 19.2 Å². The maximum Gasteiger partial charge on any atom is 0.161 e. The average Bonchev–Trinajstić information content (AvgIpc) is 2.73. The molecule has 2 rings (SSSR count). The molecule has 0 radical (unpaired) electrons. The molecule has 1 aliphatic heterocycles. The van der Waals surface area contributed by atoms with E-state index in [-0.39, 0.29) is 5.54 Å². The van der Waals surface area contributed by atoms with Crippen molar-refractivity contribution in [3.63, 3.8) is 0 Å². The lowest BCUT2D eigenvalue weighted by atomic mass is 9.97. The number of benzene rings is 1. The number of nitrogens with one attached hydrogen (secondary N) is 1. The molecule has 92 valence electrons. The molecule has 0 bridgehead atoms. The molecule has 1 N–H and O–H groups in total. The second-order valence-corrected chi connectivity index (χ2v) is 5.67. The lowest BCUT2D eigenvalue weighted by Gasteiger charge is -2.20. The lowest BCUT2D eigenvalue weighted by Crippen LogP contribution is -2.24. The predicted molar refractivity (Wildman–Crippen MR) is 78.3 cm³/mol. The first-order chi connectivity index (χ1) is 8.17. The van der Waals surface area contributed by atoms with Crippen molar-refractivity contribution in [3.8, 4) is 0 Å². The molecule has 1 aromatic carbocycles. The van der Waals surface area contributed by atoms with E-state index in [0.717, 1.165) is 34.5 Å². The molecule has 4 heteroatoms. The van der Waals surface area contributed by atoms with Crippen LogP contribution in [-0.4, -0.2) is 16.5 Å². The summed E-state index contributed by atoms with van der Waals surface area (Å²) in [6.45, 7) is 4.41. The second-order valence-electron chi connectivity index (χ2n) is 4.27. The van der Waals surface area contributed by atoms with E-state index >= 15 is 0 Å². The van der Waals surface area contributed by atoms with Crippen molar-refractivity contribution in [1.82, 2.24) is 0 Å². The van der Waals surface area contributed by atoms with Gasteiger partial charge < -0.3 is 5.32 Å². The van der Waals surface area contributed by atoms with Gasteiger partial charge in [0.25, 0.3) is 0 Å². The summed E-state index contributed by atoms with van der Waals surface area (Å²) in [5.74, 6) is 1.07. The van der Waals surface area contributed by atoms with Crippen LogP contribution in [0.3, 0.4) is 0 Å². The smallest absolute Gasteiger partial charge is 0.161 e. The minimum atomic E-state index is 0.131. The Morgan fingerprint density at radius 1 is 1.41 bits per heavy atom. The molecule has 0 saturated carbocycles. The predicted octanol–water partition coefficient (Wildman–Crippen LogP) is 4.41. The van der Waals surface area contributed by atoms with Gasteiger partial charge in [-0.25, -0.2) is 0 Å². The molecular formula is C13H17ClN2S. The lowest BCUT2D eigenvalue weighted by molar-refractivity contribution is 0.456. The van der Waals surface area contributed by atoms with Gasteiger partial charge in [0.15, 0.2) is 5.17 Å². The van der Waals surface area contributed by atoms with Gasteiger partial charge in [0.05, 0.1) is 5.54 Å². The summed E-state index contributed by atoms with van der Waals surface area (Å²) >= 11 is 7.75. The molecular weight excluding hydrogens is 252 g/mol. The maximum atomic E-state index is 5.95. The van der Waals surface area contributed by atoms with Crippen LogP contribution in [0.2, 0.25) is 5.02 Å². The Hall–Kier alpha value is -0.670. The normalized spacial score (nSPS) is 17.9. The highest BCUT2D eigenvalue weighted by molar-refractivity contribution is 8.14. The van der Waals surface area contributed by atoms with Gasteiger partial charge in [0, 0.05) is 16.5 Å². The van der Waals surface area contributed by atoms with Crippen LogP contribution in [0.4, 0.5) is 5.69 Å². The van der Waals surface area contributed by atoms with E-state index in [9.17, 15) is 0 Å². The molecule has 0 saturated heterocycles. The number of hydrogen-bond acceptors (Lipinski definition) is 3. The van der Waals surface area contributed by atoms with Crippen LogP contribution in [0.25, 0.3) is 0 Å². The van der Waals surface area contributed by atoms with Crippen molar-refractivity contribution in [2.45, 2.75) is 32.2 Å². The number of anilines is 1. The zero-order chi connectivity index (χ0) is 12.3. The third kappa shape index (κ3) is 2.96. The molecule has 1 aliphatic rings. The minimum Gasteiger partial charge on any atom is -0.335 e. The molecule has 0 amide bonds. The van der Waals surface area contributed by atoms with Crippen LogP contribution in [0.5, 0.6) is 0 Å². The monoisotopic (exact) mass is 268 g/mol. The topological polar surface area (TPSA) is 24.4 Å². The van der Waals surface area contributed by atoms with Gasteiger partial charge in [-0.05, 0) is 31.0 Å². The average molecular weight is 269 g/mol. The molecule has 0 unspecified atom stereocenters. The van der Waals surface area contributed by atoms with Gasteiger partial charge >= 0.3 is 0 Å². The van der Waals surface area contributed by atoms with Crippen LogP contribution in [0.15, 0.2) is 29.3 Å². The highest BCUT2D eigenvalue weighted by Gasteiger charge is 2.31. The summed E-state index contributed by atoms with van der Waals surface area (Å²) in [6, 6.07) is 7.74. The Kier molecular flexibility index (Phi) is 4.00. The van der Waals surface area contributed by atoms with E-state index < -0.39 is 0 Å². The number of aliphatic imine (C=N–C) groups is 1. The number of rotatable bonds is 3. The third-order valence-electron chi connectivity index (χ3n) is 3.21. The Labute approximate surface area is 112 Å². The number of halogens is 1. The summed E-state index contributed by atoms with van der Waals surface area (Å²) < 4.78 is 0. The SMILES string of the molecule is CCC1(CC)CSC(Nc2cccc(Cl)c2)=N1. The Morgan fingerprint density at radius 3 is 2.76 bits per heavy atom. The first kappa shape index (κ1) is 12.8. The molecule has 0 aromatic heterocycles. The number of hydrogen-bond donors (Lipinski definition) is 1. The summed E-state index contributed by atoms with van der Waals surface area (Å²) in [5.41, 5.74) is 1.14. The van der Waals surface area contributed by atoms with Crippen LogP contribution in [0, 0.1) is 0 Å². The molecule has 0 atom stereocenters. The second kappa shape index (κ2) is 5.32. The zero-order valence-corrected chi connectivity index (χ0v) is 11.7. The number of thioether (sulfide) groups is 1. The standard InChI is InChI=1S/C13H17ClN2S/c1-3-13(4-2)9-17-12(16-13)15-11-7-5-6-10(14)8-11/h5-8H,3-4,9H2,1-2H3,(H,15,16). The molecule has 1 aromatic rings. The number of nitrogens with zero attached hydrogens (tertiary/aromatic N) is 1. The highest BCUT2D eigenvalue weighted by atomic mass is 35.5. The van der Waals surface area contributed by atoms with Crippen molar-refractivity contribution in [3.05, 3.63) is 29.3 Å². The van der Waals surface area contributed by atoms with Gasteiger partial charge in [0.2, 0.25) is 0 Å². The van der Waals surface area contributed by atoms with Crippen molar-refractivity contribution >= 4 is 34.2 Å². The van der Waals surface area contributed by atoms with Crippen molar-refractivity contribution in [1.29, 1.82) is 0 Å². The van der Waals surface area contributed by atoms with Gasteiger partial charge in [-0.2, -0.15) is 0 Å². The summed E-state index contributed by atoms with van der Waals surface area (Å²) in [7, 11) is 0. The molecule has 0 aliphatic carbocycles. The Balaban J connectivity index is 2.11. The largest absolute Gasteiger partial charge is 0.335 e. The third-order valence-corrected chi connectivity index (χ3v) is 4.59. The van der Waals surface area contributed by atoms with Gasteiger partial charge in [-0.3, -0.25) is 4.99 Å². The summed E-state index contributed by atoms with van der Waals surface area (Å²) in [6.07, 6.45) is 2.19. The fourth-order valence-corrected chi connectivity index (χ4v) is 3.37. The molecule has 2 nitrogen and oxygen atoms in total. The summed E-state index contributed by atoms with van der Waals surface area (Å²) in [5, 5.41) is 5.09. The van der Waals surface area contributed by atoms with E-state index in [1.807, 2.05) is 24.3 Å². The van der Waals surface area contributed by atoms with E-state index in [4.69, 9.17) is 16.6 Å². The maximum absolute atomic E-state index is 5.95. The molecule has 0 fully saturated rings. The number of amidine groups is 1. The Morgan fingerprint density at radius 2 is 2.18 bits per heavy atom. The molecule has 17 heavy (non-hydrogen) atoms. The first-order valence-corrected chi connectivity index (χ1v) is 7.29. The van der Waals surface area contributed by atoms with Gasteiger partial charge in [-0.15, -0.1) is 0 Å². The van der Waals surface area contributed by atoms with Crippen LogP contribution >= 0.6 is 23.4 Å². The van der Waals surface area contributed by atoms with Crippen molar-refractivity contribution in [2.75, 3.05) is 11.1 Å². The Bertz CT molecular complexity index is 427. The zero-order valence-electron chi connectivity index (χ0n) is 10.2.